The Hall–Kier alpha value is -2.00. The highest BCUT2D eigenvalue weighted by molar-refractivity contribution is 7.98. The molecule has 0 amide bonds. The summed E-state index contributed by atoms with van der Waals surface area (Å²) in [6.45, 7) is 6.21. The Morgan fingerprint density at radius 1 is 0.955 bits per heavy atom. The van der Waals surface area contributed by atoms with Gasteiger partial charge in [-0.05, 0) is 49.6 Å². The zero-order chi connectivity index (χ0) is 15.7. The van der Waals surface area contributed by atoms with Gasteiger partial charge in [0, 0.05) is 22.1 Å². The molecule has 0 N–H and O–H groups in total. The Labute approximate surface area is 134 Å². The largest absolute Gasteiger partial charge is 0.423 e. The van der Waals surface area contributed by atoms with Crippen LogP contribution >= 0.6 is 11.8 Å². The van der Waals surface area contributed by atoms with Crippen molar-refractivity contribution >= 4 is 22.7 Å². The van der Waals surface area contributed by atoms with E-state index in [1.165, 1.54) is 16.0 Å². The van der Waals surface area contributed by atoms with Crippen LogP contribution in [0.15, 0.2) is 56.6 Å². The van der Waals surface area contributed by atoms with Gasteiger partial charge in [-0.1, -0.05) is 29.8 Å². The SMILES string of the molecule is Cc1ccc(C)c(SCc2cc(=O)oc3cc(C)ccc23)c1. The van der Waals surface area contributed by atoms with Gasteiger partial charge in [0.1, 0.15) is 5.58 Å². The van der Waals surface area contributed by atoms with Gasteiger partial charge >= 0.3 is 5.63 Å². The summed E-state index contributed by atoms with van der Waals surface area (Å²) in [4.78, 5) is 13.0. The maximum absolute atomic E-state index is 11.8. The fourth-order valence-electron chi connectivity index (χ4n) is 2.47. The lowest BCUT2D eigenvalue weighted by Crippen LogP contribution is -2.00. The Bertz CT molecular complexity index is 894. The van der Waals surface area contributed by atoms with Crippen molar-refractivity contribution in [2.24, 2.45) is 0 Å². The molecule has 1 heterocycles. The highest BCUT2D eigenvalue weighted by Gasteiger charge is 2.08. The van der Waals surface area contributed by atoms with Crippen molar-refractivity contribution in [2.75, 3.05) is 0 Å². The minimum absolute atomic E-state index is 0.283. The topological polar surface area (TPSA) is 30.2 Å². The first-order valence-corrected chi connectivity index (χ1v) is 8.25. The molecule has 0 fully saturated rings. The smallest absolute Gasteiger partial charge is 0.336 e. The third-order valence-corrected chi connectivity index (χ3v) is 4.92. The number of thioether (sulfide) groups is 1. The summed E-state index contributed by atoms with van der Waals surface area (Å²) in [6.07, 6.45) is 0. The molecule has 0 saturated heterocycles. The number of hydrogen-bond acceptors (Lipinski definition) is 3. The van der Waals surface area contributed by atoms with Gasteiger partial charge in [0.25, 0.3) is 0 Å². The number of aryl methyl sites for hydroxylation is 3. The molecule has 3 heteroatoms. The molecule has 22 heavy (non-hydrogen) atoms. The average Bonchev–Trinajstić information content (AvgIpc) is 2.47. The molecule has 112 valence electrons. The van der Waals surface area contributed by atoms with E-state index in [0.717, 1.165) is 22.3 Å². The van der Waals surface area contributed by atoms with Crippen LogP contribution in [-0.4, -0.2) is 0 Å². The van der Waals surface area contributed by atoms with Crippen LogP contribution in [0.2, 0.25) is 0 Å². The molecule has 3 rings (SSSR count). The Morgan fingerprint density at radius 3 is 2.50 bits per heavy atom. The van der Waals surface area contributed by atoms with Crippen molar-refractivity contribution in [2.45, 2.75) is 31.4 Å². The second-order valence-electron chi connectivity index (χ2n) is 5.65. The summed E-state index contributed by atoms with van der Waals surface area (Å²) >= 11 is 1.76. The van der Waals surface area contributed by atoms with Crippen LogP contribution in [0.1, 0.15) is 22.3 Å². The van der Waals surface area contributed by atoms with Gasteiger partial charge in [0.2, 0.25) is 0 Å². The van der Waals surface area contributed by atoms with Crippen molar-refractivity contribution < 1.29 is 4.42 Å². The molecule has 3 aromatic rings. The first-order chi connectivity index (χ1) is 10.5. The van der Waals surface area contributed by atoms with E-state index >= 15 is 0 Å². The van der Waals surface area contributed by atoms with E-state index < -0.39 is 0 Å². The zero-order valence-electron chi connectivity index (χ0n) is 13.0. The maximum atomic E-state index is 11.8. The van der Waals surface area contributed by atoms with E-state index in [4.69, 9.17) is 4.42 Å². The Balaban J connectivity index is 1.97. The quantitative estimate of drug-likeness (QED) is 0.503. The lowest BCUT2D eigenvalue weighted by molar-refractivity contribution is 0.559. The standard InChI is InChI=1S/C19H18O2S/c1-12-5-7-16-15(10-19(20)21-17(16)8-12)11-22-18-9-13(2)4-6-14(18)3/h4-10H,11H2,1-3H3. The van der Waals surface area contributed by atoms with Gasteiger partial charge in [-0.25, -0.2) is 4.79 Å². The summed E-state index contributed by atoms with van der Waals surface area (Å²) in [5.41, 5.74) is 5.02. The van der Waals surface area contributed by atoms with Crippen molar-refractivity contribution in [3.63, 3.8) is 0 Å². The Morgan fingerprint density at radius 2 is 1.68 bits per heavy atom. The highest BCUT2D eigenvalue weighted by Crippen LogP contribution is 2.29. The molecule has 2 nitrogen and oxygen atoms in total. The molecule has 0 aliphatic rings. The third-order valence-electron chi connectivity index (χ3n) is 3.71. The second-order valence-corrected chi connectivity index (χ2v) is 6.67. The van der Waals surface area contributed by atoms with Crippen LogP contribution in [0.5, 0.6) is 0 Å². The van der Waals surface area contributed by atoms with Crippen LogP contribution in [0.25, 0.3) is 11.0 Å². The lowest BCUT2D eigenvalue weighted by Gasteiger charge is -2.09. The normalized spacial score (nSPS) is 11.0. The summed E-state index contributed by atoms with van der Waals surface area (Å²) < 4.78 is 5.31. The molecular formula is C19H18O2S. The summed E-state index contributed by atoms with van der Waals surface area (Å²) in [7, 11) is 0. The summed E-state index contributed by atoms with van der Waals surface area (Å²) in [5.74, 6) is 0.759. The zero-order valence-corrected chi connectivity index (χ0v) is 13.8. The first kappa shape index (κ1) is 14.9. The summed E-state index contributed by atoms with van der Waals surface area (Å²) in [5, 5.41) is 1.02. The molecule has 0 atom stereocenters. The van der Waals surface area contributed by atoms with Gasteiger partial charge in [0.05, 0.1) is 0 Å². The molecule has 0 aliphatic carbocycles. The van der Waals surface area contributed by atoms with Gasteiger partial charge in [0.15, 0.2) is 0 Å². The van der Waals surface area contributed by atoms with Crippen molar-refractivity contribution in [1.29, 1.82) is 0 Å². The monoisotopic (exact) mass is 310 g/mol. The van der Waals surface area contributed by atoms with E-state index in [0.29, 0.717) is 5.58 Å². The minimum atomic E-state index is -0.283. The average molecular weight is 310 g/mol. The van der Waals surface area contributed by atoms with Gasteiger partial charge in [-0.3, -0.25) is 0 Å². The van der Waals surface area contributed by atoms with E-state index in [1.54, 1.807) is 17.8 Å². The summed E-state index contributed by atoms with van der Waals surface area (Å²) in [6, 6.07) is 14.1. The minimum Gasteiger partial charge on any atom is -0.423 e. The number of benzene rings is 2. The van der Waals surface area contributed by atoms with E-state index in [-0.39, 0.29) is 5.63 Å². The van der Waals surface area contributed by atoms with E-state index in [1.807, 2.05) is 19.1 Å². The fraction of sp³-hybridized carbons (Fsp3) is 0.211. The van der Waals surface area contributed by atoms with Crippen molar-refractivity contribution in [1.82, 2.24) is 0 Å². The van der Waals surface area contributed by atoms with Crippen LogP contribution in [-0.2, 0) is 5.75 Å². The molecule has 0 saturated carbocycles. The molecule has 1 aromatic heterocycles. The van der Waals surface area contributed by atoms with Crippen LogP contribution in [0.4, 0.5) is 0 Å². The van der Waals surface area contributed by atoms with Crippen LogP contribution in [0, 0.1) is 20.8 Å². The molecule has 0 radical (unpaired) electrons. The molecule has 0 unspecified atom stereocenters. The van der Waals surface area contributed by atoms with Gasteiger partial charge in [-0.15, -0.1) is 11.8 Å². The van der Waals surface area contributed by atoms with Gasteiger partial charge < -0.3 is 4.42 Å². The van der Waals surface area contributed by atoms with Gasteiger partial charge in [-0.2, -0.15) is 0 Å². The van der Waals surface area contributed by atoms with E-state index in [2.05, 4.69) is 38.1 Å². The van der Waals surface area contributed by atoms with E-state index in [9.17, 15) is 4.79 Å². The third kappa shape index (κ3) is 3.09. The lowest BCUT2D eigenvalue weighted by atomic mass is 10.1. The predicted octanol–water partition coefficient (Wildman–Crippen LogP) is 5.01. The molecule has 0 spiro atoms. The van der Waals surface area contributed by atoms with Crippen LogP contribution < -0.4 is 5.63 Å². The number of hydrogen-bond donors (Lipinski definition) is 0. The highest BCUT2D eigenvalue weighted by atomic mass is 32.2. The predicted molar refractivity (Wildman–Crippen MR) is 92.7 cm³/mol. The van der Waals surface area contributed by atoms with Crippen LogP contribution in [0.3, 0.4) is 0 Å². The number of fused-ring (bicyclic) bond motifs is 1. The fourth-order valence-corrected chi connectivity index (χ4v) is 3.59. The van der Waals surface area contributed by atoms with Crippen molar-refractivity contribution in [3.05, 3.63) is 75.1 Å². The molecular weight excluding hydrogens is 292 g/mol. The Kier molecular flexibility index (Phi) is 4.08. The molecule has 0 aliphatic heterocycles. The molecule has 0 bridgehead atoms. The van der Waals surface area contributed by atoms with Crippen molar-refractivity contribution in [3.8, 4) is 0 Å². The first-order valence-electron chi connectivity index (χ1n) is 7.26. The second kappa shape index (κ2) is 6.01. The number of rotatable bonds is 3. The molecule has 2 aromatic carbocycles. The maximum Gasteiger partial charge on any atom is 0.336 e.